The molecule has 0 rings (SSSR count). The SMILES string of the molecule is C\C=C/C(=C\C(C)=C\C)CC. The van der Waals surface area contributed by atoms with Gasteiger partial charge >= 0.3 is 0 Å². The standard InChI is InChI=1S/C11H18/c1-5-8-11(7-3)9-10(4)6-2/h5-6,8-9H,7H2,1-4H3/b8-5-,10-6+,11-9-. The third kappa shape index (κ3) is 4.60. The first-order chi connectivity index (χ1) is 5.24. The lowest BCUT2D eigenvalue weighted by Crippen LogP contribution is -1.75. The monoisotopic (exact) mass is 150 g/mol. The van der Waals surface area contributed by atoms with E-state index in [0.29, 0.717) is 0 Å². The molecule has 0 aliphatic heterocycles. The van der Waals surface area contributed by atoms with E-state index in [1.54, 1.807) is 0 Å². The molecule has 0 aromatic rings. The Morgan fingerprint density at radius 3 is 2.27 bits per heavy atom. The van der Waals surface area contributed by atoms with E-state index in [4.69, 9.17) is 0 Å². The van der Waals surface area contributed by atoms with Crippen molar-refractivity contribution >= 4 is 0 Å². The minimum atomic E-state index is 1.11. The number of rotatable bonds is 3. The predicted molar refractivity (Wildman–Crippen MR) is 52.6 cm³/mol. The Bertz CT molecular complexity index is 180. The summed E-state index contributed by atoms with van der Waals surface area (Å²) in [5.74, 6) is 0. The highest BCUT2D eigenvalue weighted by atomic mass is 13.9. The van der Waals surface area contributed by atoms with Gasteiger partial charge in [0.05, 0.1) is 0 Å². The molecule has 0 fully saturated rings. The van der Waals surface area contributed by atoms with E-state index in [1.165, 1.54) is 11.1 Å². The van der Waals surface area contributed by atoms with E-state index >= 15 is 0 Å². The summed E-state index contributed by atoms with van der Waals surface area (Å²) in [4.78, 5) is 0. The molecule has 0 heterocycles. The lowest BCUT2D eigenvalue weighted by molar-refractivity contribution is 1.14. The van der Waals surface area contributed by atoms with Gasteiger partial charge in [0.2, 0.25) is 0 Å². The molecule has 0 saturated heterocycles. The van der Waals surface area contributed by atoms with Crippen molar-refractivity contribution in [2.24, 2.45) is 0 Å². The van der Waals surface area contributed by atoms with Gasteiger partial charge in [-0.05, 0) is 32.8 Å². The van der Waals surface area contributed by atoms with E-state index < -0.39 is 0 Å². The van der Waals surface area contributed by atoms with E-state index in [9.17, 15) is 0 Å². The van der Waals surface area contributed by atoms with Crippen LogP contribution in [0.15, 0.2) is 35.5 Å². The van der Waals surface area contributed by atoms with Gasteiger partial charge < -0.3 is 0 Å². The topological polar surface area (TPSA) is 0 Å². The first kappa shape index (κ1) is 10.2. The van der Waals surface area contributed by atoms with Gasteiger partial charge in [-0.25, -0.2) is 0 Å². The number of hydrogen-bond acceptors (Lipinski definition) is 0. The fourth-order valence-corrected chi connectivity index (χ4v) is 0.858. The summed E-state index contributed by atoms with van der Waals surface area (Å²) in [6, 6.07) is 0. The van der Waals surface area contributed by atoms with E-state index in [2.05, 4.69) is 52.0 Å². The second-order valence-corrected chi connectivity index (χ2v) is 2.61. The maximum atomic E-state index is 2.22. The quantitative estimate of drug-likeness (QED) is 0.536. The van der Waals surface area contributed by atoms with Crippen LogP contribution in [0.1, 0.15) is 34.1 Å². The van der Waals surface area contributed by atoms with Gasteiger partial charge in [0.1, 0.15) is 0 Å². The Morgan fingerprint density at radius 1 is 1.27 bits per heavy atom. The zero-order chi connectivity index (χ0) is 8.69. The van der Waals surface area contributed by atoms with Crippen LogP contribution in [0.2, 0.25) is 0 Å². The molecule has 0 amide bonds. The molecule has 0 unspecified atom stereocenters. The van der Waals surface area contributed by atoms with Crippen LogP contribution in [0.4, 0.5) is 0 Å². The molecule has 0 heteroatoms. The van der Waals surface area contributed by atoms with E-state index in [-0.39, 0.29) is 0 Å². The highest BCUT2D eigenvalue weighted by Crippen LogP contribution is 2.07. The Kier molecular flexibility index (Phi) is 5.54. The molecular formula is C11H18. The highest BCUT2D eigenvalue weighted by molar-refractivity contribution is 5.28. The van der Waals surface area contributed by atoms with Gasteiger partial charge in [-0.2, -0.15) is 0 Å². The van der Waals surface area contributed by atoms with Gasteiger partial charge in [0, 0.05) is 0 Å². The molecule has 0 radical (unpaired) electrons. The van der Waals surface area contributed by atoms with Crippen LogP contribution in [0, 0.1) is 0 Å². The normalized spacial score (nSPS) is 14.5. The van der Waals surface area contributed by atoms with Gasteiger partial charge in [-0.3, -0.25) is 0 Å². The molecule has 0 atom stereocenters. The van der Waals surface area contributed by atoms with Crippen LogP contribution in [0.25, 0.3) is 0 Å². The Hall–Kier alpha value is -0.780. The fourth-order valence-electron chi connectivity index (χ4n) is 0.858. The highest BCUT2D eigenvalue weighted by Gasteiger charge is 1.86. The first-order valence-corrected chi connectivity index (χ1v) is 4.20. The molecule has 0 spiro atoms. The van der Waals surface area contributed by atoms with Crippen LogP contribution < -0.4 is 0 Å². The summed E-state index contributed by atoms with van der Waals surface area (Å²) >= 11 is 0. The second kappa shape index (κ2) is 5.96. The van der Waals surface area contributed by atoms with Crippen LogP contribution in [-0.2, 0) is 0 Å². The average molecular weight is 150 g/mol. The van der Waals surface area contributed by atoms with Gasteiger partial charge in [0.25, 0.3) is 0 Å². The maximum Gasteiger partial charge on any atom is -0.0307 e. The Labute approximate surface area is 70.3 Å². The Morgan fingerprint density at radius 2 is 1.91 bits per heavy atom. The van der Waals surface area contributed by atoms with E-state index in [0.717, 1.165) is 6.42 Å². The number of allylic oxidation sites excluding steroid dienone is 6. The fraction of sp³-hybridized carbons (Fsp3) is 0.455. The molecule has 0 nitrogen and oxygen atoms in total. The smallest absolute Gasteiger partial charge is 0.0307 e. The van der Waals surface area contributed by atoms with Crippen molar-refractivity contribution < 1.29 is 0 Å². The van der Waals surface area contributed by atoms with Crippen molar-refractivity contribution in [1.82, 2.24) is 0 Å². The molecule has 0 bridgehead atoms. The van der Waals surface area contributed by atoms with Crippen LogP contribution in [0.3, 0.4) is 0 Å². The van der Waals surface area contributed by atoms with Crippen molar-refractivity contribution in [3.05, 3.63) is 35.5 Å². The molecule has 0 saturated carbocycles. The van der Waals surface area contributed by atoms with Crippen LogP contribution in [-0.4, -0.2) is 0 Å². The van der Waals surface area contributed by atoms with Gasteiger partial charge in [-0.15, -0.1) is 0 Å². The molecule has 0 aliphatic rings. The largest absolute Gasteiger partial charge is 0.0874 e. The molecular weight excluding hydrogens is 132 g/mol. The minimum Gasteiger partial charge on any atom is -0.0874 e. The van der Waals surface area contributed by atoms with Crippen molar-refractivity contribution in [3.63, 3.8) is 0 Å². The van der Waals surface area contributed by atoms with Crippen molar-refractivity contribution in [1.29, 1.82) is 0 Å². The molecule has 0 aromatic carbocycles. The minimum absolute atomic E-state index is 1.11. The zero-order valence-electron chi connectivity index (χ0n) is 8.02. The van der Waals surface area contributed by atoms with Crippen LogP contribution in [0.5, 0.6) is 0 Å². The first-order valence-electron chi connectivity index (χ1n) is 4.20. The lowest BCUT2D eigenvalue weighted by Gasteiger charge is -1.96. The van der Waals surface area contributed by atoms with Crippen LogP contribution >= 0.6 is 0 Å². The third-order valence-electron chi connectivity index (χ3n) is 1.66. The molecule has 0 N–H and O–H groups in total. The summed E-state index contributed by atoms with van der Waals surface area (Å²) in [5, 5.41) is 0. The summed E-state index contributed by atoms with van der Waals surface area (Å²) in [7, 11) is 0. The second-order valence-electron chi connectivity index (χ2n) is 2.61. The Balaban J connectivity index is 4.35. The summed E-state index contributed by atoms with van der Waals surface area (Å²) < 4.78 is 0. The average Bonchev–Trinajstić information content (AvgIpc) is 2.03. The molecule has 62 valence electrons. The van der Waals surface area contributed by atoms with Crippen molar-refractivity contribution in [2.75, 3.05) is 0 Å². The maximum absolute atomic E-state index is 2.22. The van der Waals surface area contributed by atoms with Crippen molar-refractivity contribution in [2.45, 2.75) is 34.1 Å². The summed E-state index contributed by atoms with van der Waals surface area (Å²) in [6.07, 6.45) is 9.69. The number of hydrogen-bond donors (Lipinski definition) is 0. The lowest BCUT2D eigenvalue weighted by atomic mass is 10.1. The predicted octanol–water partition coefficient (Wildman–Crippen LogP) is 3.87. The van der Waals surface area contributed by atoms with Gasteiger partial charge in [0.15, 0.2) is 0 Å². The van der Waals surface area contributed by atoms with Gasteiger partial charge in [-0.1, -0.05) is 36.8 Å². The molecule has 11 heavy (non-hydrogen) atoms. The molecule has 0 aromatic heterocycles. The summed E-state index contributed by atoms with van der Waals surface area (Å²) in [6.45, 7) is 8.41. The van der Waals surface area contributed by atoms with Crippen molar-refractivity contribution in [3.8, 4) is 0 Å². The molecule has 0 aliphatic carbocycles. The zero-order valence-corrected chi connectivity index (χ0v) is 8.02. The third-order valence-corrected chi connectivity index (χ3v) is 1.66. The van der Waals surface area contributed by atoms with E-state index in [1.807, 2.05) is 0 Å². The summed E-state index contributed by atoms with van der Waals surface area (Å²) in [5.41, 5.74) is 2.73.